The Morgan fingerprint density at radius 2 is 1.16 bits per heavy atom. The van der Waals surface area contributed by atoms with E-state index in [9.17, 15) is 6.85 Å². The third kappa shape index (κ3) is 8.56. The number of pyridine rings is 1. The van der Waals surface area contributed by atoms with Crippen LogP contribution in [0.3, 0.4) is 0 Å². The van der Waals surface area contributed by atoms with Crippen LogP contribution < -0.4 is 15.0 Å². The summed E-state index contributed by atoms with van der Waals surface area (Å²) in [5.41, 5.74) is 13.6. The average Bonchev–Trinajstić information content (AvgIpc) is 1.54. The number of ether oxygens (including phenoxy) is 1. The second kappa shape index (κ2) is 20.3. The molecule has 0 amide bonds. The van der Waals surface area contributed by atoms with E-state index in [2.05, 4.69) is 129 Å². The Labute approximate surface area is 489 Å². The molecule has 0 saturated carbocycles. The quantitative estimate of drug-likeness (QED) is 0.114. The second-order valence-electron chi connectivity index (χ2n) is 20.5. The number of imidazole rings is 1. The van der Waals surface area contributed by atoms with E-state index in [1.165, 1.54) is 0 Å². The van der Waals surface area contributed by atoms with E-state index in [-0.39, 0.29) is 17.0 Å². The van der Waals surface area contributed by atoms with Gasteiger partial charge in [0.2, 0.25) is 0 Å². The van der Waals surface area contributed by atoms with Crippen molar-refractivity contribution in [3.63, 3.8) is 0 Å². The first-order valence-electron chi connectivity index (χ1n) is 30.8. The van der Waals surface area contributed by atoms with Crippen LogP contribution in [0, 0.1) is 23.4 Å². The number of aryl methyl sites for hydroxylation is 2. The molecular weight excluding hydrogens is 1160 g/mol. The summed E-state index contributed by atoms with van der Waals surface area (Å²) >= 11 is 2.36. The molecule has 0 atom stereocenters. The van der Waals surface area contributed by atoms with E-state index in [1.807, 2.05) is 147 Å². The predicted octanol–water partition coefficient (Wildman–Crippen LogP) is 17.7. The number of anilines is 2. The average molecular weight is 1220 g/mol. The van der Waals surface area contributed by atoms with Crippen molar-refractivity contribution in [3.8, 4) is 67.5 Å². The van der Waals surface area contributed by atoms with E-state index >= 15 is 0 Å². The molecule has 4 heterocycles. The van der Waals surface area contributed by atoms with Crippen molar-refractivity contribution < 1.29 is 35.1 Å². The van der Waals surface area contributed by atoms with Gasteiger partial charge in [-0.25, -0.2) is 0 Å². The van der Waals surface area contributed by atoms with Gasteiger partial charge in [0.15, 0.2) is 0 Å². The van der Waals surface area contributed by atoms with Crippen LogP contribution in [0.4, 0.5) is 11.5 Å². The molecule has 13 aromatic rings. The molecule has 1 aliphatic heterocycles. The zero-order chi connectivity index (χ0) is 60.8. The van der Waals surface area contributed by atoms with Crippen LogP contribution >= 0.6 is 0 Å². The number of fused-ring (bicyclic) bond motifs is 4. The fourth-order valence-electron chi connectivity index (χ4n) is 11.8. The number of nitrogens with zero attached hydrogens (tertiary/aromatic N) is 5. The Kier molecular flexibility index (Phi) is 10.4. The van der Waals surface area contributed by atoms with Gasteiger partial charge in [0.05, 0.1) is 0 Å². The monoisotopic (exact) mass is 1220 g/mol. The van der Waals surface area contributed by atoms with Gasteiger partial charge in [-0.2, -0.15) is 0 Å². The summed E-state index contributed by atoms with van der Waals surface area (Å²) < 4.78 is 86.9. The number of rotatable bonds is 12. The van der Waals surface area contributed by atoms with Gasteiger partial charge in [0.25, 0.3) is 0 Å². The van der Waals surface area contributed by atoms with E-state index in [1.54, 1.807) is 24.3 Å². The first-order chi connectivity index (χ1) is 42.4. The van der Waals surface area contributed by atoms with Crippen molar-refractivity contribution in [2.75, 3.05) is 4.81 Å². The van der Waals surface area contributed by atoms with Crippen molar-refractivity contribution in [3.05, 3.63) is 269 Å². The zero-order valence-corrected chi connectivity index (χ0v) is 46.1. The van der Waals surface area contributed by atoms with Crippen LogP contribution in [0.25, 0.3) is 88.7 Å². The molecular formula is C72H56BN5OPt. The van der Waals surface area contributed by atoms with Crippen LogP contribution in [0.15, 0.2) is 249 Å². The molecule has 0 spiro atoms. The van der Waals surface area contributed by atoms with Crippen molar-refractivity contribution in [1.82, 2.24) is 18.6 Å². The molecule has 388 valence electrons. The van der Waals surface area contributed by atoms with E-state index in [0.29, 0.717) is 39.4 Å². The van der Waals surface area contributed by atoms with Gasteiger partial charge >= 0.3 is 409 Å². The van der Waals surface area contributed by atoms with Gasteiger partial charge in [-0.3, -0.25) is 0 Å². The molecule has 80 heavy (non-hydrogen) atoms. The predicted molar refractivity (Wildman–Crippen MR) is 329 cm³/mol. The third-order valence-corrected chi connectivity index (χ3v) is 16.1. The van der Waals surface area contributed by atoms with Gasteiger partial charge < -0.3 is 0 Å². The van der Waals surface area contributed by atoms with E-state index < -0.39 is 33.0 Å². The first-order valence-corrected chi connectivity index (χ1v) is 28.0. The number of aromatic nitrogens is 4. The molecule has 0 fully saturated rings. The van der Waals surface area contributed by atoms with Crippen molar-refractivity contribution in [2.24, 2.45) is 5.92 Å². The second-order valence-corrected chi connectivity index (χ2v) is 21.5. The Balaban J connectivity index is 0.974. The molecule has 1 aliphatic rings. The Morgan fingerprint density at radius 3 is 1.90 bits per heavy atom. The van der Waals surface area contributed by atoms with Gasteiger partial charge in [0, 0.05) is 16.3 Å². The Bertz CT molecular complexity index is 4910. The Morgan fingerprint density at radius 1 is 0.550 bits per heavy atom. The fourth-order valence-corrected chi connectivity index (χ4v) is 12.8. The molecule has 14 rings (SSSR count). The summed E-state index contributed by atoms with van der Waals surface area (Å²) in [5.74, 6) is 0.506. The standard InChI is InChI=1S/C72H56BN5O.Pt/c1-48(2)41-51-44-62(54-39-37-53(38-40-54)52-22-8-5-9-23-52)70(63(45-51)56-26-18-21-49(3)42-56)76-47-75(65-34-16-17-35-66(65)76)58-29-19-30-59(46-58)79-72-69(55-24-10-6-11-25-55)50(4)43-68(74-72)77-67-36-20-32-61-60-31-14-15-33-64(60)78(71(61)67)73(77)57-27-12-7-13-28-57;/h5-40,42-46,48H,41H2,1-4H3;/i3D3,4D3,41D2;. The van der Waals surface area contributed by atoms with E-state index in [4.69, 9.17) is 13.8 Å². The first kappa shape index (κ1) is 41.1. The molecule has 0 bridgehead atoms. The fraction of sp³-hybridized carbons (Fsp3) is 0.0833. The summed E-state index contributed by atoms with van der Waals surface area (Å²) in [6.07, 6.45) is -1.79. The summed E-state index contributed by atoms with van der Waals surface area (Å²) in [4.78, 5) is 7.57. The van der Waals surface area contributed by atoms with Crippen molar-refractivity contribution in [2.45, 2.75) is 33.9 Å². The molecule has 0 N–H and O–H groups in total. The van der Waals surface area contributed by atoms with Crippen LogP contribution in [0.5, 0.6) is 11.6 Å². The molecule has 0 saturated heterocycles. The van der Waals surface area contributed by atoms with Crippen LogP contribution in [0.1, 0.15) is 41.5 Å². The number of hydrogen-bond acceptors (Lipinski definition) is 3. The van der Waals surface area contributed by atoms with E-state index in [0.717, 1.165) is 81.4 Å². The summed E-state index contributed by atoms with van der Waals surface area (Å²) in [7, 11) is 0. The Hall–Kier alpha value is -9.03. The van der Waals surface area contributed by atoms with Gasteiger partial charge in [-0.05, 0) is 6.07 Å². The SMILES string of the molecule is [2H]C([2H])([2H])c1cccc(-c2cc(C([2H])([2H])C(C)C)cc(-c3ccc(-c4ccccc4)cc3)c2-n2[c](=[Pt])n(-c3cccc(Oc4nc(N5B(c6ccccc6)n6c7ccccc7c7cccc5c76)cc(C([2H])([2H])[2H])c4-c4ccccc4)c3)c3ccccc32)c1. The normalized spacial score (nSPS) is 14.2. The number of para-hydroxylation sites is 4. The van der Waals surface area contributed by atoms with Crippen molar-refractivity contribution in [1.29, 1.82) is 0 Å². The molecule has 10 aromatic carbocycles. The molecule has 0 unspecified atom stereocenters. The minimum atomic E-state index is -2.61. The summed E-state index contributed by atoms with van der Waals surface area (Å²) in [5, 5.41) is 2.20. The minimum absolute atomic E-state index is 0.0839. The molecule has 0 radical (unpaired) electrons. The summed E-state index contributed by atoms with van der Waals surface area (Å²) in [6.45, 7) is -1.73. The maximum atomic E-state index is 9.58. The molecule has 6 nitrogen and oxygen atoms in total. The van der Waals surface area contributed by atoms with Crippen molar-refractivity contribution >= 4 is 56.8 Å². The third-order valence-electron chi connectivity index (χ3n) is 15.1. The van der Waals surface area contributed by atoms with Crippen LogP contribution in [-0.2, 0) is 25.7 Å². The number of benzene rings is 10. The molecule has 0 aliphatic carbocycles. The number of hydrogen-bond donors (Lipinski definition) is 0. The van der Waals surface area contributed by atoms with Gasteiger partial charge in [0.1, 0.15) is 0 Å². The molecule has 8 heteroatoms. The van der Waals surface area contributed by atoms with Crippen LogP contribution in [-0.4, -0.2) is 25.6 Å². The topological polar surface area (TPSA) is 40.1 Å². The van der Waals surface area contributed by atoms with Gasteiger partial charge in [-0.1, -0.05) is 60.7 Å². The molecule has 3 aromatic heterocycles. The summed E-state index contributed by atoms with van der Waals surface area (Å²) in [6, 6.07) is 81.0. The van der Waals surface area contributed by atoms with Gasteiger partial charge in [-0.15, -0.1) is 0 Å². The van der Waals surface area contributed by atoms with Crippen LogP contribution in [0.2, 0.25) is 0 Å². The zero-order valence-electron chi connectivity index (χ0n) is 51.8. The maximum absolute atomic E-state index is 9.58.